The summed E-state index contributed by atoms with van der Waals surface area (Å²) >= 11 is 1.96. The normalized spacial score (nSPS) is 10.9. The molecule has 1 nitrogen and oxygen atoms in total. The lowest BCUT2D eigenvalue weighted by Crippen LogP contribution is -2.26. The molecule has 2 heteroatoms. The van der Waals surface area contributed by atoms with Crippen LogP contribution in [0.2, 0.25) is 0 Å². The number of unbranched alkanes of at least 4 members (excludes halogenated alkanes) is 1. The van der Waals surface area contributed by atoms with Crippen molar-refractivity contribution >= 4 is 11.8 Å². The van der Waals surface area contributed by atoms with Gasteiger partial charge in [0.1, 0.15) is 0 Å². The molecule has 0 aromatic heterocycles. The summed E-state index contributed by atoms with van der Waals surface area (Å²) in [7, 11) is 0. The van der Waals surface area contributed by atoms with Crippen molar-refractivity contribution in [3.8, 4) is 0 Å². The molecular weight excluding hydrogens is 214 g/mol. The number of hydrogen-bond donors (Lipinski definition) is 0. The number of rotatable bonds is 8. The van der Waals surface area contributed by atoms with Crippen molar-refractivity contribution in [1.82, 2.24) is 4.90 Å². The first-order valence-corrected chi connectivity index (χ1v) is 7.25. The zero-order valence-electron chi connectivity index (χ0n) is 10.5. The van der Waals surface area contributed by atoms with E-state index in [1.165, 1.54) is 43.1 Å². The molecule has 0 heterocycles. The van der Waals surface area contributed by atoms with Gasteiger partial charge in [-0.05, 0) is 31.6 Å². The van der Waals surface area contributed by atoms with Gasteiger partial charge in [-0.2, -0.15) is 0 Å². The van der Waals surface area contributed by atoms with E-state index >= 15 is 0 Å². The molecule has 0 fully saturated rings. The third-order valence-electron chi connectivity index (χ3n) is 2.69. The largest absolute Gasteiger partial charge is 0.303 e. The highest BCUT2D eigenvalue weighted by Gasteiger charge is 2.01. The molecular formula is C14H23NS. The smallest absolute Gasteiger partial charge is 0.0108 e. The summed E-state index contributed by atoms with van der Waals surface area (Å²) in [4.78, 5) is 3.92. The number of thioether (sulfide) groups is 1. The molecule has 0 amide bonds. The second-order valence-corrected chi connectivity index (χ2v) is 5.12. The van der Waals surface area contributed by atoms with Gasteiger partial charge in [-0.25, -0.2) is 0 Å². The average Bonchev–Trinajstić information content (AvgIpc) is 2.35. The van der Waals surface area contributed by atoms with Gasteiger partial charge in [0.25, 0.3) is 0 Å². The lowest BCUT2D eigenvalue weighted by atomic mass is 10.3. The standard InChI is InChI=1S/C14H23NS/c1-3-5-11-15(4-2)12-13-16-14-9-7-6-8-10-14/h6-10H,3-5,11-13H2,1-2H3. The van der Waals surface area contributed by atoms with Gasteiger partial charge in [0.05, 0.1) is 0 Å². The van der Waals surface area contributed by atoms with E-state index in [-0.39, 0.29) is 0 Å². The van der Waals surface area contributed by atoms with E-state index in [9.17, 15) is 0 Å². The molecule has 0 aliphatic carbocycles. The van der Waals surface area contributed by atoms with Gasteiger partial charge >= 0.3 is 0 Å². The minimum Gasteiger partial charge on any atom is -0.303 e. The fraction of sp³-hybridized carbons (Fsp3) is 0.571. The van der Waals surface area contributed by atoms with E-state index in [0.717, 1.165) is 0 Å². The van der Waals surface area contributed by atoms with E-state index in [1.807, 2.05) is 11.8 Å². The summed E-state index contributed by atoms with van der Waals surface area (Å²) < 4.78 is 0. The fourth-order valence-corrected chi connectivity index (χ4v) is 2.55. The maximum atomic E-state index is 2.54. The Balaban J connectivity index is 2.18. The Kier molecular flexibility index (Phi) is 7.35. The molecule has 0 radical (unpaired) electrons. The van der Waals surface area contributed by atoms with Crippen molar-refractivity contribution in [1.29, 1.82) is 0 Å². The third kappa shape index (κ3) is 5.57. The van der Waals surface area contributed by atoms with Crippen molar-refractivity contribution in [2.75, 3.05) is 25.4 Å². The summed E-state index contributed by atoms with van der Waals surface area (Å²) in [5, 5.41) is 0. The van der Waals surface area contributed by atoms with E-state index < -0.39 is 0 Å². The van der Waals surface area contributed by atoms with E-state index in [4.69, 9.17) is 0 Å². The highest BCUT2D eigenvalue weighted by molar-refractivity contribution is 7.99. The molecule has 0 aliphatic rings. The zero-order valence-corrected chi connectivity index (χ0v) is 11.3. The zero-order chi connectivity index (χ0) is 11.6. The second-order valence-electron chi connectivity index (χ2n) is 3.95. The van der Waals surface area contributed by atoms with Crippen molar-refractivity contribution < 1.29 is 0 Å². The summed E-state index contributed by atoms with van der Waals surface area (Å²) in [6.45, 7) is 8.14. The van der Waals surface area contributed by atoms with Gasteiger partial charge in [-0.3, -0.25) is 0 Å². The van der Waals surface area contributed by atoms with Crippen LogP contribution in [0.1, 0.15) is 26.7 Å². The predicted octanol–water partition coefficient (Wildman–Crippen LogP) is 3.90. The Bertz CT molecular complexity index is 261. The first kappa shape index (κ1) is 13.6. The van der Waals surface area contributed by atoms with Gasteiger partial charge in [-0.1, -0.05) is 38.5 Å². The summed E-state index contributed by atoms with van der Waals surface area (Å²) in [5.74, 6) is 1.20. The molecule has 90 valence electrons. The molecule has 1 rings (SSSR count). The highest BCUT2D eigenvalue weighted by atomic mass is 32.2. The molecule has 1 aromatic carbocycles. The Morgan fingerprint density at radius 2 is 1.81 bits per heavy atom. The van der Waals surface area contributed by atoms with Crippen molar-refractivity contribution in [3.63, 3.8) is 0 Å². The molecule has 0 saturated heterocycles. The fourth-order valence-electron chi connectivity index (χ4n) is 1.62. The molecule has 0 spiro atoms. The minimum atomic E-state index is 1.18. The van der Waals surface area contributed by atoms with E-state index in [0.29, 0.717) is 0 Å². The lowest BCUT2D eigenvalue weighted by molar-refractivity contribution is 0.301. The van der Waals surface area contributed by atoms with Gasteiger partial charge in [0.15, 0.2) is 0 Å². The Labute approximate surface area is 104 Å². The predicted molar refractivity (Wildman–Crippen MR) is 74.2 cm³/mol. The first-order chi connectivity index (χ1) is 7.86. The molecule has 0 bridgehead atoms. The summed E-state index contributed by atoms with van der Waals surface area (Å²) in [5.41, 5.74) is 0. The molecule has 0 N–H and O–H groups in total. The van der Waals surface area contributed by atoms with Crippen molar-refractivity contribution in [3.05, 3.63) is 30.3 Å². The van der Waals surface area contributed by atoms with Gasteiger partial charge in [0.2, 0.25) is 0 Å². The van der Waals surface area contributed by atoms with E-state index in [2.05, 4.69) is 49.1 Å². The average molecular weight is 237 g/mol. The first-order valence-electron chi connectivity index (χ1n) is 6.27. The van der Waals surface area contributed by atoms with Crippen LogP contribution >= 0.6 is 11.8 Å². The topological polar surface area (TPSA) is 3.24 Å². The quantitative estimate of drug-likeness (QED) is 0.631. The molecule has 0 saturated carbocycles. The minimum absolute atomic E-state index is 1.18. The third-order valence-corrected chi connectivity index (χ3v) is 3.69. The summed E-state index contributed by atoms with van der Waals surface area (Å²) in [6, 6.07) is 10.7. The Hall–Kier alpha value is -0.470. The molecule has 0 atom stereocenters. The van der Waals surface area contributed by atoms with Crippen LogP contribution in [-0.4, -0.2) is 30.3 Å². The second kappa shape index (κ2) is 8.66. The van der Waals surface area contributed by atoms with Gasteiger partial charge in [-0.15, -0.1) is 11.8 Å². The van der Waals surface area contributed by atoms with Crippen LogP contribution in [0.15, 0.2) is 35.2 Å². The Morgan fingerprint density at radius 1 is 1.06 bits per heavy atom. The van der Waals surface area contributed by atoms with Crippen LogP contribution < -0.4 is 0 Å². The summed E-state index contributed by atoms with van der Waals surface area (Å²) in [6.07, 6.45) is 2.62. The van der Waals surface area contributed by atoms with Crippen LogP contribution in [0.25, 0.3) is 0 Å². The Morgan fingerprint density at radius 3 is 2.44 bits per heavy atom. The van der Waals surface area contributed by atoms with E-state index in [1.54, 1.807) is 0 Å². The van der Waals surface area contributed by atoms with Crippen molar-refractivity contribution in [2.45, 2.75) is 31.6 Å². The SMILES string of the molecule is CCCCN(CC)CCSc1ccccc1. The van der Waals surface area contributed by atoms with Gasteiger partial charge < -0.3 is 4.90 Å². The molecule has 1 aromatic rings. The van der Waals surface area contributed by atoms with Crippen LogP contribution in [0.3, 0.4) is 0 Å². The molecule has 0 unspecified atom stereocenters. The number of nitrogens with zero attached hydrogens (tertiary/aromatic N) is 1. The molecule has 0 aliphatic heterocycles. The monoisotopic (exact) mass is 237 g/mol. The van der Waals surface area contributed by atoms with Crippen molar-refractivity contribution in [2.24, 2.45) is 0 Å². The van der Waals surface area contributed by atoms with Gasteiger partial charge in [0, 0.05) is 17.2 Å². The maximum Gasteiger partial charge on any atom is 0.0108 e. The van der Waals surface area contributed by atoms with Crippen LogP contribution in [0, 0.1) is 0 Å². The number of hydrogen-bond acceptors (Lipinski definition) is 2. The number of benzene rings is 1. The lowest BCUT2D eigenvalue weighted by Gasteiger charge is -2.19. The van der Waals surface area contributed by atoms with Crippen LogP contribution in [0.4, 0.5) is 0 Å². The highest BCUT2D eigenvalue weighted by Crippen LogP contribution is 2.16. The van der Waals surface area contributed by atoms with Crippen LogP contribution in [0.5, 0.6) is 0 Å². The molecule has 16 heavy (non-hydrogen) atoms. The van der Waals surface area contributed by atoms with Crippen LogP contribution in [-0.2, 0) is 0 Å². The maximum absolute atomic E-state index is 2.54.